The van der Waals surface area contributed by atoms with E-state index < -0.39 is 0 Å². The van der Waals surface area contributed by atoms with Crippen LogP contribution in [-0.2, 0) is 0 Å². The lowest BCUT2D eigenvalue weighted by Crippen LogP contribution is -2.23. The first-order chi connectivity index (χ1) is 5.00. The van der Waals surface area contributed by atoms with Gasteiger partial charge in [-0.1, -0.05) is 32.9 Å². The van der Waals surface area contributed by atoms with Crippen LogP contribution in [0.3, 0.4) is 0 Å². The maximum absolute atomic E-state index is 4.08. The maximum Gasteiger partial charge on any atom is -0.0289 e. The molecule has 0 heteroatoms. The monoisotopic (exact) mass is 152 g/mol. The molecule has 0 aromatic heterocycles. The Labute approximate surface area is 70.7 Å². The Morgan fingerprint density at radius 3 is 2.36 bits per heavy atom. The fourth-order valence-electron chi connectivity index (χ4n) is 1.89. The number of hydrogen-bond acceptors (Lipinski definition) is 0. The lowest BCUT2D eigenvalue weighted by atomic mass is 9.71. The number of hydrogen-bond donors (Lipinski definition) is 0. The number of allylic oxidation sites excluding steroid dienone is 1. The Hall–Kier alpha value is -0.260. The van der Waals surface area contributed by atoms with E-state index in [0.29, 0.717) is 5.41 Å². The molecule has 0 nitrogen and oxygen atoms in total. The Morgan fingerprint density at radius 1 is 1.36 bits per heavy atom. The molecule has 0 aromatic carbocycles. The molecule has 11 heavy (non-hydrogen) atoms. The van der Waals surface area contributed by atoms with Crippen LogP contribution >= 0.6 is 0 Å². The lowest BCUT2D eigenvalue weighted by Gasteiger charge is -2.34. The summed E-state index contributed by atoms with van der Waals surface area (Å²) in [7, 11) is 0. The molecule has 1 rings (SSSR count). The third kappa shape index (κ3) is 2.36. The quantitative estimate of drug-likeness (QED) is 0.463. The fourth-order valence-corrected chi connectivity index (χ4v) is 1.89. The first-order valence-corrected chi connectivity index (χ1v) is 4.67. The van der Waals surface area contributed by atoms with Crippen LogP contribution in [0.1, 0.15) is 46.5 Å². The average molecular weight is 152 g/mol. The SMILES string of the molecule is C=C1CCC[C@H](C(C)(C)C)C1. The molecule has 1 saturated carbocycles. The molecule has 0 aromatic rings. The van der Waals surface area contributed by atoms with Crippen molar-refractivity contribution in [1.82, 2.24) is 0 Å². The molecule has 0 bridgehead atoms. The summed E-state index contributed by atoms with van der Waals surface area (Å²) in [5.41, 5.74) is 1.96. The molecule has 1 fully saturated rings. The van der Waals surface area contributed by atoms with Crippen molar-refractivity contribution in [1.29, 1.82) is 0 Å². The topological polar surface area (TPSA) is 0 Å². The molecule has 0 spiro atoms. The van der Waals surface area contributed by atoms with Crippen LogP contribution in [-0.4, -0.2) is 0 Å². The zero-order chi connectivity index (χ0) is 8.48. The second-order valence-electron chi connectivity index (χ2n) is 4.91. The van der Waals surface area contributed by atoms with Crippen molar-refractivity contribution in [2.45, 2.75) is 46.5 Å². The van der Waals surface area contributed by atoms with Crippen molar-refractivity contribution in [2.24, 2.45) is 11.3 Å². The van der Waals surface area contributed by atoms with Gasteiger partial charge in [0.15, 0.2) is 0 Å². The lowest BCUT2D eigenvalue weighted by molar-refractivity contribution is 0.204. The Morgan fingerprint density at radius 2 is 2.00 bits per heavy atom. The molecule has 1 aliphatic rings. The fraction of sp³-hybridized carbons (Fsp3) is 0.818. The van der Waals surface area contributed by atoms with Gasteiger partial charge in [0.25, 0.3) is 0 Å². The van der Waals surface area contributed by atoms with E-state index in [0.717, 1.165) is 5.92 Å². The first-order valence-electron chi connectivity index (χ1n) is 4.67. The van der Waals surface area contributed by atoms with E-state index in [1.165, 1.54) is 31.3 Å². The summed E-state index contributed by atoms with van der Waals surface area (Å²) in [4.78, 5) is 0. The highest BCUT2D eigenvalue weighted by Gasteiger charge is 2.26. The van der Waals surface area contributed by atoms with Gasteiger partial charge in [0, 0.05) is 0 Å². The summed E-state index contributed by atoms with van der Waals surface area (Å²) < 4.78 is 0. The summed E-state index contributed by atoms with van der Waals surface area (Å²) in [6.07, 6.45) is 5.30. The van der Waals surface area contributed by atoms with Gasteiger partial charge in [0.2, 0.25) is 0 Å². The summed E-state index contributed by atoms with van der Waals surface area (Å²) in [6, 6.07) is 0. The van der Waals surface area contributed by atoms with Crippen LogP contribution in [0.2, 0.25) is 0 Å². The van der Waals surface area contributed by atoms with Crippen LogP contribution < -0.4 is 0 Å². The molecular formula is C11H20. The van der Waals surface area contributed by atoms with Crippen molar-refractivity contribution >= 4 is 0 Å². The Kier molecular flexibility index (Phi) is 2.41. The molecule has 0 unspecified atom stereocenters. The zero-order valence-electron chi connectivity index (χ0n) is 8.11. The van der Waals surface area contributed by atoms with Crippen LogP contribution in [0, 0.1) is 11.3 Å². The van der Waals surface area contributed by atoms with E-state index in [2.05, 4.69) is 27.4 Å². The maximum atomic E-state index is 4.08. The van der Waals surface area contributed by atoms with Gasteiger partial charge < -0.3 is 0 Å². The summed E-state index contributed by atoms with van der Waals surface area (Å²) >= 11 is 0. The van der Waals surface area contributed by atoms with Gasteiger partial charge in [-0.15, -0.1) is 0 Å². The highest BCUT2D eigenvalue weighted by molar-refractivity contribution is 5.01. The van der Waals surface area contributed by atoms with E-state index in [-0.39, 0.29) is 0 Å². The molecule has 0 radical (unpaired) electrons. The summed E-state index contributed by atoms with van der Waals surface area (Å²) in [5, 5.41) is 0. The van der Waals surface area contributed by atoms with E-state index in [4.69, 9.17) is 0 Å². The summed E-state index contributed by atoms with van der Waals surface area (Å²) in [6.45, 7) is 11.1. The predicted molar refractivity (Wildman–Crippen MR) is 50.6 cm³/mol. The molecule has 1 atom stereocenters. The van der Waals surface area contributed by atoms with Crippen LogP contribution in [0.5, 0.6) is 0 Å². The van der Waals surface area contributed by atoms with Crippen LogP contribution in [0.4, 0.5) is 0 Å². The summed E-state index contributed by atoms with van der Waals surface area (Å²) in [5.74, 6) is 0.878. The van der Waals surface area contributed by atoms with Gasteiger partial charge in [0.1, 0.15) is 0 Å². The molecule has 0 N–H and O–H groups in total. The van der Waals surface area contributed by atoms with Crippen molar-refractivity contribution in [3.8, 4) is 0 Å². The molecule has 0 heterocycles. The third-order valence-corrected chi connectivity index (χ3v) is 2.84. The van der Waals surface area contributed by atoms with Crippen molar-refractivity contribution < 1.29 is 0 Å². The highest BCUT2D eigenvalue weighted by atomic mass is 14.3. The van der Waals surface area contributed by atoms with Crippen LogP contribution in [0.25, 0.3) is 0 Å². The molecule has 0 amide bonds. The largest absolute Gasteiger partial charge is 0.0999 e. The first kappa shape index (κ1) is 8.83. The van der Waals surface area contributed by atoms with Crippen molar-refractivity contribution in [2.75, 3.05) is 0 Å². The Bertz CT molecular complexity index is 148. The van der Waals surface area contributed by atoms with Gasteiger partial charge in [-0.2, -0.15) is 0 Å². The van der Waals surface area contributed by atoms with E-state index in [1.54, 1.807) is 0 Å². The minimum Gasteiger partial charge on any atom is -0.0999 e. The van der Waals surface area contributed by atoms with Crippen molar-refractivity contribution in [3.63, 3.8) is 0 Å². The average Bonchev–Trinajstić information content (AvgIpc) is 1.86. The van der Waals surface area contributed by atoms with Gasteiger partial charge in [0.05, 0.1) is 0 Å². The predicted octanol–water partition coefficient (Wildman–Crippen LogP) is 3.78. The van der Waals surface area contributed by atoms with Gasteiger partial charge >= 0.3 is 0 Å². The third-order valence-electron chi connectivity index (χ3n) is 2.84. The van der Waals surface area contributed by atoms with Gasteiger partial charge in [-0.05, 0) is 37.0 Å². The molecule has 0 aliphatic heterocycles. The van der Waals surface area contributed by atoms with E-state index in [9.17, 15) is 0 Å². The molecule has 64 valence electrons. The normalized spacial score (nSPS) is 27.2. The Balaban J connectivity index is 2.53. The van der Waals surface area contributed by atoms with Crippen LogP contribution in [0.15, 0.2) is 12.2 Å². The molecule has 0 saturated heterocycles. The highest BCUT2D eigenvalue weighted by Crippen LogP contribution is 2.39. The van der Waals surface area contributed by atoms with E-state index >= 15 is 0 Å². The van der Waals surface area contributed by atoms with Gasteiger partial charge in [-0.3, -0.25) is 0 Å². The zero-order valence-corrected chi connectivity index (χ0v) is 8.11. The second-order valence-corrected chi connectivity index (χ2v) is 4.91. The smallest absolute Gasteiger partial charge is 0.0289 e. The molecule has 1 aliphatic carbocycles. The minimum atomic E-state index is 0.489. The van der Waals surface area contributed by atoms with Crippen molar-refractivity contribution in [3.05, 3.63) is 12.2 Å². The number of rotatable bonds is 0. The molecular weight excluding hydrogens is 132 g/mol. The van der Waals surface area contributed by atoms with E-state index in [1.807, 2.05) is 0 Å². The van der Waals surface area contributed by atoms with Gasteiger partial charge in [-0.25, -0.2) is 0 Å². The minimum absolute atomic E-state index is 0.489. The second kappa shape index (κ2) is 3.00. The standard InChI is InChI=1S/C11H20/c1-9-6-5-7-10(8-9)11(2,3)4/h10H,1,5-8H2,2-4H3/t10-/m0/s1.